The highest BCUT2D eigenvalue weighted by molar-refractivity contribution is 6.30. The molecule has 10 heteroatoms. The molecule has 21 heavy (non-hydrogen) atoms. The molecule has 1 aromatic carbocycles. The van der Waals surface area contributed by atoms with Crippen LogP contribution in [-0.4, -0.2) is 25.1 Å². The van der Waals surface area contributed by atoms with Crippen LogP contribution in [0, 0.1) is 10.1 Å². The molecule has 0 atom stereocenters. The van der Waals surface area contributed by atoms with Crippen molar-refractivity contribution >= 4 is 29.1 Å². The minimum absolute atomic E-state index is 0.0170. The Morgan fingerprint density at radius 1 is 1.29 bits per heavy atom. The van der Waals surface area contributed by atoms with Crippen molar-refractivity contribution in [2.45, 2.75) is 0 Å². The third-order valence-electron chi connectivity index (χ3n) is 2.52. The first kappa shape index (κ1) is 13.1. The molecule has 2 aromatic heterocycles. The second-order valence-corrected chi connectivity index (χ2v) is 4.34. The normalized spacial score (nSPS) is 10.5. The SMILES string of the molecule is O=[N+]([O-])c1[nH]cnc1-c1nnc(Nc2ccc(Cl)cc2)o1. The summed E-state index contributed by atoms with van der Waals surface area (Å²) in [5.41, 5.74) is 0.669. The number of imidazole rings is 1. The summed E-state index contributed by atoms with van der Waals surface area (Å²) >= 11 is 5.78. The lowest BCUT2D eigenvalue weighted by Gasteiger charge is -1.99. The fourth-order valence-corrected chi connectivity index (χ4v) is 1.74. The van der Waals surface area contributed by atoms with Crippen LogP contribution < -0.4 is 5.32 Å². The van der Waals surface area contributed by atoms with E-state index in [-0.39, 0.29) is 23.4 Å². The number of halogens is 1. The molecule has 2 heterocycles. The fourth-order valence-electron chi connectivity index (χ4n) is 1.61. The van der Waals surface area contributed by atoms with Crippen LogP contribution in [0.1, 0.15) is 0 Å². The zero-order valence-corrected chi connectivity index (χ0v) is 11.0. The van der Waals surface area contributed by atoms with E-state index in [9.17, 15) is 10.1 Å². The summed E-state index contributed by atoms with van der Waals surface area (Å²) in [5, 5.41) is 21.7. The zero-order chi connectivity index (χ0) is 14.8. The number of nitrogens with one attached hydrogen (secondary N) is 2. The van der Waals surface area contributed by atoms with E-state index in [1.165, 1.54) is 6.33 Å². The first-order chi connectivity index (χ1) is 10.1. The van der Waals surface area contributed by atoms with Crippen molar-refractivity contribution in [3.63, 3.8) is 0 Å². The van der Waals surface area contributed by atoms with Gasteiger partial charge in [-0.3, -0.25) is 0 Å². The number of H-pyrrole nitrogens is 1. The van der Waals surface area contributed by atoms with Crippen molar-refractivity contribution in [2.24, 2.45) is 0 Å². The van der Waals surface area contributed by atoms with E-state index in [1.807, 2.05) is 0 Å². The summed E-state index contributed by atoms with van der Waals surface area (Å²) in [6.07, 6.45) is 1.18. The minimum Gasteiger partial charge on any atom is -0.401 e. The predicted octanol–water partition coefficient (Wildman–Crippen LogP) is 2.76. The van der Waals surface area contributed by atoms with Gasteiger partial charge in [-0.05, 0) is 29.2 Å². The summed E-state index contributed by atoms with van der Waals surface area (Å²) in [6.45, 7) is 0. The Balaban J connectivity index is 1.84. The summed E-state index contributed by atoms with van der Waals surface area (Å²) < 4.78 is 5.30. The number of nitrogens with zero attached hydrogens (tertiary/aromatic N) is 4. The van der Waals surface area contributed by atoms with Crippen molar-refractivity contribution < 1.29 is 9.34 Å². The number of hydrogen-bond donors (Lipinski definition) is 2. The van der Waals surface area contributed by atoms with Gasteiger partial charge in [0.05, 0.1) is 0 Å². The van der Waals surface area contributed by atoms with E-state index in [1.54, 1.807) is 24.3 Å². The molecule has 0 spiro atoms. The highest BCUT2D eigenvalue weighted by atomic mass is 35.5. The van der Waals surface area contributed by atoms with E-state index in [0.717, 1.165) is 0 Å². The molecule has 106 valence electrons. The molecule has 0 bridgehead atoms. The summed E-state index contributed by atoms with van der Waals surface area (Å²) in [4.78, 5) is 16.4. The molecule has 3 rings (SSSR count). The van der Waals surface area contributed by atoms with Gasteiger partial charge in [0.15, 0.2) is 6.33 Å². The number of hydrogen-bond acceptors (Lipinski definition) is 7. The van der Waals surface area contributed by atoms with Crippen LogP contribution in [0.25, 0.3) is 11.6 Å². The molecule has 3 aromatic rings. The van der Waals surface area contributed by atoms with E-state index in [2.05, 4.69) is 25.5 Å². The zero-order valence-electron chi connectivity index (χ0n) is 10.3. The second-order valence-electron chi connectivity index (χ2n) is 3.90. The molecular weight excluding hydrogens is 300 g/mol. The Labute approximate surface area is 122 Å². The van der Waals surface area contributed by atoms with Crippen molar-refractivity contribution in [3.8, 4) is 11.6 Å². The van der Waals surface area contributed by atoms with Crippen LogP contribution in [0.5, 0.6) is 0 Å². The Bertz CT molecular complexity index is 781. The fraction of sp³-hybridized carbons (Fsp3) is 0. The molecular formula is C11H7ClN6O3. The average Bonchev–Trinajstić information content (AvgIpc) is 3.09. The monoisotopic (exact) mass is 306 g/mol. The van der Waals surface area contributed by atoms with Gasteiger partial charge in [0.25, 0.3) is 5.89 Å². The first-order valence-electron chi connectivity index (χ1n) is 5.68. The van der Waals surface area contributed by atoms with E-state index >= 15 is 0 Å². The molecule has 9 nitrogen and oxygen atoms in total. The first-order valence-corrected chi connectivity index (χ1v) is 6.05. The lowest BCUT2D eigenvalue weighted by molar-refractivity contribution is -0.388. The highest BCUT2D eigenvalue weighted by Gasteiger charge is 2.22. The Hall–Kier alpha value is -2.94. The molecule has 0 saturated heterocycles. The number of rotatable bonds is 4. The molecule has 0 radical (unpaired) electrons. The van der Waals surface area contributed by atoms with E-state index in [4.69, 9.17) is 16.0 Å². The van der Waals surface area contributed by atoms with Crippen LogP contribution in [0.3, 0.4) is 0 Å². The third-order valence-corrected chi connectivity index (χ3v) is 2.78. The number of aromatic amines is 1. The van der Waals surface area contributed by atoms with Gasteiger partial charge in [0.1, 0.15) is 0 Å². The Morgan fingerprint density at radius 2 is 2.05 bits per heavy atom. The molecule has 0 aliphatic heterocycles. The lowest BCUT2D eigenvalue weighted by Crippen LogP contribution is -1.91. The quantitative estimate of drug-likeness (QED) is 0.561. The highest BCUT2D eigenvalue weighted by Crippen LogP contribution is 2.26. The van der Waals surface area contributed by atoms with Gasteiger partial charge in [-0.25, -0.2) is 9.97 Å². The topological polar surface area (TPSA) is 123 Å². The van der Waals surface area contributed by atoms with Crippen molar-refractivity contribution in [2.75, 3.05) is 5.32 Å². The van der Waals surface area contributed by atoms with Crippen molar-refractivity contribution in [1.29, 1.82) is 0 Å². The van der Waals surface area contributed by atoms with Crippen molar-refractivity contribution in [1.82, 2.24) is 20.2 Å². The van der Waals surface area contributed by atoms with Crippen LogP contribution in [0.4, 0.5) is 17.5 Å². The van der Waals surface area contributed by atoms with Gasteiger partial charge in [0, 0.05) is 10.7 Å². The maximum absolute atomic E-state index is 10.8. The Morgan fingerprint density at radius 3 is 2.76 bits per heavy atom. The van der Waals surface area contributed by atoms with Crippen LogP contribution >= 0.6 is 11.6 Å². The van der Waals surface area contributed by atoms with Gasteiger partial charge in [-0.1, -0.05) is 16.7 Å². The molecule has 0 aliphatic carbocycles. The summed E-state index contributed by atoms with van der Waals surface area (Å²) in [6, 6.07) is 6.93. The minimum atomic E-state index is -0.612. The molecule has 0 fully saturated rings. The van der Waals surface area contributed by atoms with E-state index in [0.29, 0.717) is 10.7 Å². The predicted molar refractivity (Wildman–Crippen MR) is 73.3 cm³/mol. The van der Waals surface area contributed by atoms with Gasteiger partial charge < -0.3 is 19.8 Å². The molecule has 2 N–H and O–H groups in total. The van der Waals surface area contributed by atoms with Gasteiger partial charge in [-0.2, -0.15) is 0 Å². The van der Waals surface area contributed by atoms with Crippen molar-refractivity contribution in [3.05, 3.63) is 45.7 Å². The standard InChI is InChI=1S/C11H7ClN6O3/c12-6-1-3-7(4-2-6)15-11-17-16-10(21-11)8-9(18(19)20)14-5-13-8/h1-5H,(H,13,14)(H,15,17). The Kier molecular flexibility index (Phi) is 3.24. The smallest absolute Gasteiger partial charge is 0.353 e. The number of aromatic nitrogens is 4. The number of nitro groups is 1. The molecule has 0 amide bonds. The van der Waals surface area contributed by atoms with Gasteiger partial charge in [-0.15, -0.1) is 5.10 Å². The molecule has 0 unspecified atom stereocenters. The maximum atomic E-state index is 10.8. The van der Waals surface area contributed by atoms with Crippen LogP contribution in [-0.2, 0) is 0 Å². The third kappa shape index (κ3) is 2.67. The van der Waals surface area contributed by atoms with Crippen LogP contribution in [0.15, 0.2) is 35.0 Å². The maximum Gasteiger partial charge on any atom is 0.353 e. The number of anilines is 2. The lowest BCUT2D eigenvalue weighted by atomic mass is 10.3. The molecule has 0 aliphatic rings. The largest absolute Gasteiger partial charge is 0.401 e. The van der Waals surface area contributed by atoms with Gasteiger partial charge in [0.2, 0.25) is 5.69 Å². The molecule has 0 saturated carbocycles. The van der Waals surface area contributed by atoms with Crippen LogP contribution in [0.2, 0.25) is 5.02 Å². The summed E-state index contributed by atoms with van der Waals surface area (Å²) in [7, 11) is 0. The number of benzene rings is 1. The van der Waals surface area contributed by atoms with Gasteiger partial charge >= 0.3 is 11.8 Å². The summed E-state index contributed by atoms with van der Waals surface area (Å²) in [5.74, 6) is -0.365. The average molecular weight is 307 g/mol. The van der Waals surface area contributed by atoms with E-state index < -0.39 is 4.92 Å². The second kappa shape index (κ2) is 5.21.